The summed E-state index contributed by atoms with van der Waals surface area (Å²) < 4.78 is 0. The topological polar surface area (TPSA) is 12.0 Å². The van der Waals surface area contributed by atoms with Crippen molar-refractivity contribution in [2.75, 3.05) is 13.1 Å². The van der Waals surface area contributed by atoms with Crippen LogP contribution in [0.2, 0.25) is 11.6 Å². The fraction of sp³-hybridized carbons (Fsp3) is 1.00. The van der Waals surface area contributed by atoms with Crippen LogP contribution in [0.5, 0.6) is 0 Å². The summed E-state index contributed by atoms with van der Waals surface area (Å²) in [5, 5.41) is 3.76. The monoisotopic (exact) mass is 316 g/mol. The maximum absolute atomic E-state index is 3.76. The van der Waals surface area contributed by atoms with Crippen LogP contribution in [-0.2, 0) is 0 Å². The minimum absolute atomic E-state index is 0.880. The van der Waals surface area contributed by atoms with Gasteiger partial charge < -0.3 is 5.32 Å². The van der Waals surface area contributed by atoms with Gasteiger partial charge in [0.15, 0.2) is 0 Å². The summed E-state index contributed by atoms with van der Waals surface area (Å²) in [6.45, 7) is 2.58. The maximum atomic E-state index is 3.76. The molecule has 3 fully saturated rings. The van der Waals surface area contributed by atoms with Gasteiger partial charge in [0, 0.05) is 0 Å². The first-order valence-electron chi connectivity index (χ1n) is 11.0. The van der Waals surface area contributed by atoms with Gasteiger partial charge in [0.1, 0.15) is 7.28 Å². The normalized spacial score (nSPS) is 33.2. The van der Waals surface area contributed by atoms with Crippen molar-refractivity contribution in [3.63, 3.8) is 0 Å². The van der Waals surface area contributed by atoms with Crippen LogP contribution in [0, 0.1) is 11.8 Å². The summed E-state index contributed by atoms with van der Waals surface area (Å²) in [7, 11) is 2.84. The SMILES string of the molecule is [B](C1CCCCCCC1)C1CNCC1C1CCCCCCCC1. The highest BCUT2D eigenvalue weighted by molar-refractivity contribution is 6.40. The van der Waals surface area contributed by atoms with Crippen molar-refractivity contribution in [1.29, 1.82) is 0 Å². The molecular weight excluding hydrogens is 277 g/mol. The molecule has 2 saturated carbocycles. The van der Waals surface area contributed by atoms with Crippen molar-refractivity contribution in [3.05, 3.63) is 0 Å². The first-order valence-corrected chi connectivity index (χ1v) is 11.0. The Morgan fingerprint density at radius 1 is 0.565 bits per heavy atom. The molecule has 2 atom stereocenters. The van der Waals surface area contributed by atoms with Crippen molar-refractivity contribution >= 4 is 7.28 Å². The first-order chi connectivity index (χ1) is 11.4. The molecule has 1 nitrogen and oxygen atoms in total. The lowest BCUT2D eigenvalue weighted by Crippen LogP contribution is -2.25. The van der Waals surface area contributed by atoms with Crippen molar-refractivity contribution in [2.45, 2.75) is 108 Å². The van der Waals surface area contributed by atoms with E-state index in [4.69, 9.17) is 0 Å². The molecule has 0 aromatic carbocycles. The predicted molar refractivity (Wildman–Crippen MR) is 102 cm³/mol. The van der Waals surface area contributed by atoms with Crippen LogP contribution in [0.3, 0.4) is 0 Å². The minimum atomic E-state index is 0.880. The van der Waals surface area contributed by atoms with Crippen molar-refractivity contribution in [3.8, 4) is 0 Å². The van der Waals surface area contributed by atoms with E-state index < -0.39 is 0 Å². The second kappa shape index (κ2) is 10.1. The molecule has 0 amide bonds. The van der Waals surface area contributed by atoms with Gasteiger partial charge in [-0.05, 0) is 24.9 Å². The van der Waals surface area contributed by atoms with Crippen LogP contribution >= 0.6 is 0 Å². The average molecular weight is 316 g/mol. The Bertz CT molecular complexity index is 301. The van der Waals surface area contributed by atoms with E-state index in [2.05, 4.69) is 12.6 Å². The van der Waals surface area contributed by atoms with Gasteiger partial charge in [0.25, 0.3) is 0 Å². The van der Waals surface area contributed by atoms with E-state index in [9.17, 15) is 0 Å². The zero-order chi connectivity index (χ0) is 15.7. The molecule has 1 N–H and O–H groups in total. The average Bonchev–Trinajstić information content (AvgIpc) is 3.02. The molecule has 2 unspecified atom stereocenters. The standard InChI is InChI=1S/C21H39BN/c1-2-5-9-13-18(12-8-4-1)20-16-23-17-21(20)22-19-14-10-6-3-7-11-15-19/h18-21,23H,1-17H2. The molecule has 1 radical (unpaired) electrons. The molecule has 2 aliphatic carbocycles. The van der Waals surface area contributed by atoms with Gasteiger partial charge in [-0.15, -0.1) is 0 Å². The van der Waals surface area contributed by atoms with Gasteiger partial charge in [0.2, 0.25) is 0 Å². The molecule has 0 aromatic rings. The Labute approximate surface area is 146 Å². The molecule has 131 valence electrons. The highest BCUT2D eigenvalue weighted by atomic mass is 14.9. The van der Waals surface area contributed by atoms with Gasteiger partial charge in [-0.1, -0.05) is 108 Å². The van der Waals surface area contributed by atoms with E-state index in [0.717, 1.165) is 23.5 Å². The van der Waals surface area contributed by atoms with Crippen LogP contribution in [0.1, 0.15) is 96.3 Å². The fourth-order valence-corrected chi connectivity index (χ4v) is 5.57. The third-order valence-corrected chi connectivity index (χ3v) is 6.98. The van der Waals surface area contributed by atoms with E-state index >= 15 is 0 Å². The summed E-state index contributed by atoms with van der Waals surface area (Å²) in [5.74, 6) is 3.78. The summed E-state index contributed by atoms with van der Waals surface area (Å²) in [4.78, 5) is 0. The Hall–Kier alpha value is 0.0249. The molecule has 23 heavy (non-hydrogen) atoms. The van der Waals surface area contributed by atoms with Gasteiger partial charge in [-0.25, -0.2) is 0 Å². The van der Waals surface area contributed by atoms with E-state index in [0.29, 0.717) is 0 Å². The smallest absolute Gasteiger partial charge is 0.119 e. The number of rotatable bonds is 3. The maximum Gasteiger partial charge on any atom is 0.119 e. The van der Waals surface area contributed by atoms with Crippen molar-refractivity contribution in [2.24, 2.45) is 11.8 Å². The third-order valence-electron chi connectivity index (χ3n) is 6.98. The molecule has 0 bridgehead atoms. The van der Waals surface area contributed by atoms with Crippen molar-refractivity contribution < 1.29 is 0 Å². The van der Waals surface area contributed by atoms with Gasteiger partial charge in [-0.2, -0.15) is 0 Å². The molecule has 2 heteroatoms. The lowest BCUT2D eigenvalue weighted by Gasteiger charge is -2.30. The predicted octanol–water partition coefficient (Wildman–Crippen LogP) is 5.98. The van der Waals surface area contributed by atoms with Gasteiger partial charge >= 0.3 is 0 Å². The zero-order valence-electron chi connectivity index (χ0n) is 15.4. The Kier molecular flexibility index (Phi) is 7.84. The fourth-order valence-electron chi connectivity index (χ4n) is 5.57. The quantitative estimate of drug-likeness (QED) is 0.631. The highest BCUT2D eigenvalue weighted by Gasteiger charge is 2.34. The minimum Gasteiger partial charge on any atom is -0.317 e. The Balaban J connectivity index is 1.52. The molecule has 1 heterocycles. The number of hydrogen-bond acceptors (Lipinski definition) is 1. The third kappa shape index (κ3) is 5.80. The molecular formula is C21H39BN. The van der Waals surface area contributed by atoms with Crippen LogP contribution in [0.25, 0.3) is 0 Å². The molecule has 0 spiro atoms. The lowest BCUT2D eigenvalue weighted by atomic mass is 9.48. The van der Waals surface area contributed by atoms with Crippen molar-refractivity contribution in [1.82, 2.24) is 5.32 Å². The van der Waals surface area contributed by atoms with Gasteiger partial charge in [0.05, 0.1) is 0 Å². The van der Waals surface area contributed by atoms with E-state index in [1.807, 2.05) is 0 Å². The summed E-state index contributed by atoms with van der Waals surface area (Å²) in [5.41, 5.74) is 0. The van der Waals surface area contributed by atoms with Gasteiger partial charge in [-0.3, -0.25) is 0 Å². The van der Waals surface area contributed by atoms with E-state index in [1.54, 1.807) is 0 Å². The molecule has 1 aliphatic heterocycles. The highest BCUT2D eigenvalue weighted by Crippen LogP contribution is 2.39. The summed E-state index contributed by atoms with van der Waals surface area (Å²) >= 11 is 0. The number of nitrogens with one attached hydrogen (secondary N) is 1. The number of hydrogen-bond donors (Lipinski definition) is 1. The van der Waals surface area contributed by atoms with E-state index in [1.165, 1.54) is 109 Å². The Morgan fingerprint density at radius 3 is 1.70 bits per heavy atom. The largest absolute Gasteiger partial charge is 0.317 e. The molecule has 3 aliphatic rings. The van der Waals surface area contributed by atoms with E-state index in [-0.39, 0.29) is 0 Å². The summed E-state index contributed by atoms with van der Waals surface area (Å²) in [6, 6.07) is 0. The Morgan fingerprint density at radius 2 is 1.09 bits per heavy atom. The second-order valence-electron chi connectivity index (χ2n) is 8.74. The van der Waals surface area contributed by atoms with Crippen LogP contribution in [0.15, 0.2) is 0 Å². The molecule has 3 rings (SSSR count). The lowest BCUT2D eigenvalue weighted by molar-refractivity contribution is 0.301. The molecule has 0 aromatic heterocycles. The molecule has 1 saturated heterocycles. The first kappa shape index (κ1) is 17.8. The van der Waals surface area contributed by atoms with Crippen LogP contribution < -0.4 is 5.32 Å². The van der Waals surface area contributed by atoms with Crippen LogP contribution in [-0.4, -0.2) is 20.4 Å². The second-order valence-corrected chi connectivity index (χ2v) is 8.74. The summed E-state index contributed by atoms with van der Waals surface area (Å²) in [6.07, 6.45) is 22.4. The zero-order valence-corrected chi connectivity index (χ0v) is 15.4. The van der Waals surface area contributed by atoms with Crippen LogP contribution in [0.4, 0.5) is 0 Å².